The first-order chi connectivity index (χ1) is 21.6. The fourth-order valence-corrected chi connectivity index (χ4v) is 7.50. The standard InChI is InChI=1S/C35H45F3N4O3/c36-35(37,38)30-12-8-27(9-13-30)23-41-20-16-34(17-21-41)25-42(33(44)45-34)24-28-6-10-29(11-7-28)32(43)39-31-14-18-40(19-15-31)22-26-4-2-1-3-5-26/h6-13,26,31H,1-5,14-25H2,(H,39,43). The summed E-state index contributed by atoms with van der Waals surface area (Å²) in [4.78, 5) is 32.2. The summed E-state index contributed by atoms with van der Waals surface area (Å²) in [6.45, 7) is 6.18. The van der Waals surface area contributed by atoms with Crippen molar-refractivity contribution >= 4 is 12.0 Å². The fraction of sp³-hybridized carbons (Fsp3) is 0.600. The molecule has 7 nitrogen and oxygen atoms in total. The highest BCUT2D eigenvalue weighted by Crippen LogP contribution is 2.35. The van der Waals surface area contributed by atoms with Crippen molar-refractivity contribution in [3.05, 3.63) is 70.8 Å². The van der Waals surface area contributed by atoms with Crippen LogP contribution in [-0.4, -0.2) is 77.6 Å². The van der Waals surface area contributed by atoms with Gasteiger partial charge < -0.3 is 15.0 Å². The third-order valence-corrected chi connectivity index (χ3v) is 10.2. The zero-order valence-corrected chi connectivity index (χ0v) is 26.0. The van der Waals surface area contributed by atoms with Crippen molar-refractivity contribution in [3.63, 3.8) is 0 Å². The number of nitrogens with zero attached hydrogens (tertiary/aromatic N) is 3. The van der Waals surface area contributed by atoms with Crippen LogP contribution >= 0.6 is 0 Å². The number of carbonyl (C=O) groups excluding carboxylic acids is 2. The first-order valence-electron chi connectivity index (χ1n) is 16.6. The molecular formula is C35H45F3N4O3. The molecule has 3 aliphatic heterocycles. The number of likely N-dealkylation sites (tertiary alicyclic amines) is 2. The van der Waals surface area contributed by atoms with Gasteiger partial charge in [-0.05, 0) is 67.0 Å². The first kappa shape index (κ1) is 31.9. The minimum atomic E-state index is -4.34. The number of ether oxygens (including phenoxy) is 1. The topological polar surface area (TPSA) is 65.1 Å². The molecule has 1 aliphatic carbocycles. The highest BCUT2D eigenvalue weighted by atomic mass is 19.4. The predicted molar refractivity (Wildman–Crippen MR) is 166 cm³/mol. The Morgan fingerprint density at radius 2 is 1.44 bits per heavy atom. The van der Waals surface area contributed by atoms with Crippen LogP contribution in [0.4, 0.5) is 18.0 Å². The summed E-state index contributed by atoms with van der Waals surface area (Å²) in [6.07, 6.45) is 5.52. The SMILES string of the molecule is O=C(NC1CCN(CC2CCCCC2)CC1)c1ccc(CN2CC3(CCN(Cc4ccc(C(F)(F)F)cc4)CC3)OC2=O)cc1. The van der Waals surface area contributed by atoms with Crippen molar-refractivity contribution < 1.29 is 27.5 Å². The van der Waals surface area contributed by atoms with Gasteiger partial charge in [0.15, 0.2) is 0 Å². The maximum atomic E-state index is 13.0. The van der Waals surface area contributed by atoms with Gasteiger partial charge in [-0.3, -0.25) is 14.6 Å². The lowest BCUT2D eigenvalue weighted by Gasteiger charge is -2.37. The van der Waals surface area contributed by atoms with E-state index >= 15 is 0 Å². The van der Waals surface area contributed by atoms with E-state index in [1.807, 2.05) is 24.3 Å². The second-order valence-corrected chi connectivity index (χ2v) is 13.6. The maximum Gasteiger partial charge on any atom is 0.416 e. The molecule has 1 N–H and O–H groups in total. The summed E-state index contributed by atoms with van der Waals surface area (Å²) in [5.41, 5.74) is 1.21. The molecule has 0 atom stereocenters. The average Bonchev–Trinajstić information content (AvgIpc) is 3.33. The van der Waals surface area contributed by atoms with Crippen LogP contribution in [0.3, 0.4) is 0 Å². The van der Waals surface area contributed by atoms with Crippen LogP contribution in [-0.2, 0) is 24.0 Å². The van der Waals surface area contributed by atoms with E-state index in [1.165, 1.54) is 50.8 Å². The van der Waals surface area contributed by atoms with Crippen LogP contribution < -0.4 is 5.32 Å². The molecule has 6 rings (SSSR count). The molecule has 4 fully saturated rings. The van der Waals surface area contributed by atoms with E-state index in [1.54, 1.807) is 4.90 Å². The van der Waals surface area contributed by atoms with E-state index < -0.39 is 17.3 Å². The largest absolute Gasteiger partial charge is 0.441 e. The number of carbonyl (C=O) groups is 2. The van der Waals surface area contributed by atoms with Gasteiger partial charge in [0.05, 0.1) is 12.1 Å². The molecule has 0 aromatic heterocycles. The van der Waals surface area contributed by atoms with Crippen LogP contribution in [0.2, 0.25) is 0 Å². The van der Waals surface area contributed by atoms with Gasteiger partial charge in [-0.1, -0.05) is 43.5 Å². The predicted octanol–water partition coefficient (Wildman–Crippen LogP) is 6.47. The molecule has 0 radical (unpaired) electrons. The molecular weight excluding hydrogens is 581 g/mol. The summed E-state index contributed by atoms with van der Waals surface area (Å²) >= 11 is 0. The normalized spacial score (nSPS) is 22.1. The van der Waals surface area contributed by atoms with Gasteiger partial charge in [0.25, 0.3) is 5.91 Å². The molecule has 3 saturated heterocycles. The highest BCUT2D eigenvalue weighted by molar-refractivity contribution is 5.94. The fourth-order valence-electron chi connectivity index (χ4n) is 7.50. The van der Waals surface area contributed by atoms with Crippen LogP contribution in [0, 0.1) is 5.92 Å². The second kappa shape index (κ2) is 13.7. The number of nitrogens with one attached hydrogen (secondary N) is 1. The number of alkyl halides is 3. The average molecular weight is 627 g/mol. The molecule has 244 valence electrons. The van der Waals surface area contributed by atoms with E-state index in [9.17, 15) is 22.8 Å². The molecule has 1 spiro atoms. The van der Waals surface area contributed by atoms with Crippen LogP contribution in [0.1, 0.15) is 84.8 Å². The Balaban J connectivity index is 0.931. The molecule has 0 bridgehead atoms. The number of rotatable bonds is 8. The van der Waals surface area contributed by atoms with Crippen molar-refractivity contribution in [1.82, 2.24) is 20.0 Å². The Morgan fingerprint density at radius 1 is 0.822 bits per heavy atom. The highest BCUT2D eigenvalue weighted by Gasteiger charge is 2.46. The Kier molecular flexibility index (Phi) is 9.71. The number of hydrogen-bond acceptors (Lipinski definition) is 5. The van der Waals surface area contributed by atoms with Crippen LogP contribution in [0.25, 0.3) is 0 Å². The van der Waals surface area contributed by atoms with Gasteiger partial charge in [-0.25, -0.2) is 4.79 Å². The van der Waals surface area contributed by atoms with Gasteiger partial charge in [0.2, 0.25) is 0 Å². The lowest BCUT2D eigenvalue weighted by Crippen LogP contribution is -2.46. The molecule has 3 heterocycles. The minimum Gasteiger partial charge on any atom is -0.441 e. The second-order valence-electron chi connectivity index (χ2n) is 13.6. The first-order valence-corrected chi connectivity index (χ1v) is 16.6. The number of piperidine rings is 2. The van der Waals surface area contributed by atoms with Gasteiger partial charge in [0, 0.05) is 70.3 Å². The van der Waals surface area contributed by atoms with Gasteiger partial charge in [-0.15, -0.1) is 0 Å². The van der Waals surface area contributed by atoms with Gasteiger partial charge >= 0.3 is 12.3 Å². The van der Waals surface area contributed by atoms with E-state index in [0.717, 1.165) is 55.1 Å². The molecule has 45 heavy (non-hydrogen) atoms. The van der Waals surface area contributed by atoms with Crippen LogP contribution in [0.15, 0.2) is 48.5 Å². The Morgan fingerprint density at radius 3 is 2.09 bits per heavy atom. The van der Waals surface area contributed by atoms with Crippen molar-refractivity contribution in [2.75, 3.05) is 39.3 Å². The molecule has 10 heteroatoms. The summed E-state index contributed by atoms with van der Waals surface area (Å²) in [7, 11) is 0. The van der Waals surface area contributed by atoms with Gasteiger partial charge in [-0.2, -0.15) is 13.2 Å². The third kappa shape index (κ3) is 8.19. The van der Waals surface area contributed by atoms with Crippen molar-refractivity contribution in [3.8, 4) is 0 Å². The number of benzene rings is 2. The zero-order valence-electron chi connectivity index (χ0n) is 26.0. The molecule has 2 aromatic rings. The molecule has 4 aliphatic rings. The summed E-state index contributed by atoms with van der Waals surface area (Å²) in [5.74, 6) is 0.799. The Hall–Kier alpha value is -3.11. The van der Waals surface area contributed by atoms with E-state index in [2.05, 4.69) is 15.1 Å². The molecule has 0 unspecified atom stereocenters. The van der Waals surface area contributed by atoms with Crippen molar-refractivity contribution in [2.45, 2.75) is 88.7 Å². The Bertz CT molecular complexity index is 1290. The lowest BCUT2D eigenvalue weighted by molar-refractivity contribution is -0.137. The maximum absolute atomic E-state index is 13.0. The number of amides is 2. The monoisotopic (exact) mass is 626 g/mol. The van der Waals surface area contributed by atoms with E-state index in [-0.39, 0.29) is 18.0 Å². The molecule has 1 saturated carbocycles. The summed E-state index contributed by atoms with van der Waals surface area (Å²) < 4.78 is 44.5. The van der Waals surface area contributed by atoms with Crippen molar-refractivity contribution in [1.29, 1.82) is 0 Å². The smallest absolute Gasteiger partial charge is 0.416 e. The van der Waals surface area contributed by atoms with E-state index in [4.69, 9.17) is 4.74 Å². The van der Waals surface area contributed by atoms with E-state index in [0.29, 0.717) is 51.1 Å². The number of hydrogen-bond donors (Lipinski definition) is 1. The minimum absolute atomic E-state index is 0.0464. The quantitative estimate of drug-likeness (QED) is 0.364. The zero-order chi connectivity index (χ0) is 31.4. The van der Waals surface area contributed by atoms with Gasteiger partial charge in [0.1, 0.15) is 5.60 Å². The summed E-state index contributed by atoms with van der Waals surface area (Å²) in [6, 6.07) is 13.0. The number of halogens is 3. The lowest BCUT2D eigenvalue weighted by atomic mass is 9.88. The Labute approximate surface area is 264 Å². The third-order valence-electron chi connectivity index (χ3n) is 10.2. The summed E-state index contributed by atoms with van der Waals surface area (Å²) in [5, 5.41) is 3.23. The van der Waals surface area contributed by atoms with Crippen LogP contribution in [0.5, 0.6) is 0 Å². The molecule has 2 amide bonds. The van der Waals surface area contributed by atoms with Crippen molar-refractivity contribution in [2.24, 2.45) is 5.92 Å². The molecule has 2 aromatic carbocycles.